The first-order valence-corrected chi connectivity index (χ1v) is 6.59. The Kier molecular flexibility index (Phi) is 4.04. The molecule has 86 valence electrons. The summed E-state index contributed by atoms with van der Waals surface area (Å²) in [5, 5.41) is 9.87. The lowest BCUT2D eigenvalue weighted by atomic mass is 9.87. The highest BCUT2D eigenvalue weighted by Crippen LogP contribution is 2.36. The van der Waals surface area contributed by atoms with Crippen LogP contribution in [0.4, 0.5) is 0 Å². The minimum atomic E-state index is -3.46. The van der Waals surface area contributed by atoms with Gasteiger partial charge >= 0.3 is 0 Å². The van der Waals surface area contributed by atoms with Crippen LogP contribution in [-0.4, -0.2) is 29.6 Å². The summed E-state index contributed by atoms with van der Waals surface area (Å²) < 4.78 is 21.6. The van der Waals surface area contributed by atoms with Gasteiger partial charge in [0, 0.05) is 5.75 Å². The van der Waals surface area contributed by atoms with E-state index < -0.39 is 25.6 Å². The summed E-state index contributed by atoms with van der Waals surface area (Å²) >= 11 is 5.93. The van der Waals surface area contributed by atoms with Crippen molar-refractivity contribution in [2.24, 2.45) is 5.41 Å². The average Bonchev–Trinajstić information content (AvgIpc) is 2.01. The molecule has 0 fully saturated rings. The highest BCUT2D eigenvalue weighted by Gasteiger charge is 2.47. The molecule has 2 unspecified atom stereocenters. The van der Waals surface area contributed by atoms with Crippen LogP contribution in [0.1, 0.15) is 34.6 Å². The number of hydrogen-bond donors (Lipinski definition) is 1. The summed E-state index contributed by atoms with van der Waals surface area (Å²) in [6.07, 6.45) is -1.10. The molecule has 2 atom stereocenters. The van der Waals surface area contributed by atoms with Gasteiger partial charge in [-0.15, -0.1) is 0 Å². The molecule has 0 aromatic rings. The lowest BCUT2D eigenvalue weighted by molar-refractivity contribution is 0.0522. The smallest absolute Gasteiger partial charge is 0.171 e. The number of alkyl halides is 1. The SMILES string of the molecule is CCS(=O)(=O)C(C)(Cl)C(O)C(C)(C)C. The molecule has 0 aliphatic rings. The van der Waals surface area contributed by atoms with Crippen molar-refractivity contribution in [3.8, 4) is 0 Å². The molecule has 0 aromatic heterocycles. The number of aliphatic hydroxyl groups is 1. The Hall–Kier alpha value is 0.200. The van der Waals surface area contributed by atoms with E-state index in [2.05, 4.69) is 0 Å². The zero-order valence-corrected chi connectivity index (χ0v) is 10.9. The predicted molar refractivity (Wildman–Crippen MR) is 59.2 cm³/mol. The maximum atomic E-state index is 11.6. The lowest BCUT2D eigenvalue weighted by Gasteiger charge is -2.36. The van der Waals surface area contributed by atoms with Gasteiger partial charge in [0.1, 0.15) is 0 Å². The van der Waals surface area contributed by atoms with Crippen molar-refractivity contribution in [1.82, 2.24) is 0 Å². The lowest BCUT2D eigenvalue weighted by Crippen LogP contribution is -2.49. The Morgan fingerprint density at radius 1 is 1.29 bits per heavy atom. The third kappa shape index (κ3) is 2.61. The molecule has 3 nitrogen and oxygen atoms in total. The van der Waals surface area contributed by atoms with Crippen molar-refractivity contribution in [3.63, 3.8) is 0 Å². The van der Waals surface area contributed by atoms with Gasteiger partial charge in [-0.05, 0) is 12.3 Å². The predicted octanol–water partition coefficient (Wildman–Crippen LogP) is 1.78. The molecule has 0 rings (SSSR count). The minimum Gasteiger partial charge on any atom is -0.390 e. The van der Waals surface area contributed by atoms with E-state index in [0.717, 1.165) is 0 Å². The largest absolute Gasteiger partial charge is 0.390 e. The fourth-order valence-electron chi connectivity index (χ4n) is 1.23. The van der Waals surface area contributed by atoms with Crippen molar-refractivity contribution >= 4 is 21.4 Å². The summed E-state index contributed by atoms with van der Waals surface area (Å²) in [5.74, 6) is -0.0693. The molecule has 0 heterocycles. The van der Waals surface area contributed by atoms with Crippen molar-refractivity contribution in [2.45, 2.75) is 44.9 Å². The topological polar surface area (TPSA) is 54.4 Å². The Morgan fingerprint density at radius 2 is 1.64 bits per heavy atom. The van der Waals surface area contributed by atoms with E-state index in [-0.39, 0.29) is 5.75 Å². The number of rotatable bonds is 3. The fraction of sp³-hybridized carbons (Fsp3) is 1.00. The molecule has 0 aliphatic carbocycles. The molecule has 1 N–H and O–H groups in total. The standard InChI is InChI=1S/C9H19ClO3S/c1-6-14(12,13)9(5,10)7(11)8(2,3)4/h7,11H,6H2,1-5H3. The van der Waals surface area contributed by atoms with E-state index >= 15 is 0 Å². The summed E-state index contributed by atoms with van der Waals surface area (Å²) in [6, 6.07) is 0. The van der Waals surface area contributed by atoms with Gasteiger partial charge < -0.3 is 5.11 Å². The van der Waals surface area contributed by atoms with Crippen molar-refractivity contribution in [1.29, 1.82) is 0 Å². The quantitative estimate of drug-likeness (QED) is 0.768. The summed E-state index contributed by atoms with van der Waals surface area (Å²) in [6.45, 7) is 8.13. The van der Waals surface area contributed by atoms with Crippen LogP contribution < -0.4 is 0 Å². The highest BCUT2D eigenvalue weighted by molar-refractivity contribution is 7.94. The highest BCUT2D eigenvalue weighted by atomic mass is 35.5. The number of halogens is 1. The summed E-state index contributed by atoms with van der Waals surface area (Å²) in [5.41, 5.74) is -0.557. The first-order valence-electron chi connectivity index (χ1n) is 4.56. The van der Waals surface area contributed by atoms with Crippen molar-refractivity contribution in [3.05, 3.63) is 0 Å². The fourth-order valence-corrected chi connectivity index (χ4v) is 3.14. The summed E-state index contributed by atoms with van der Waals surface area (Å²) in [7, 11) is -3.46. The molecular formula is C9H19ClO3S. The van der Waals surface area contributed by atoms with Gasteiger partial charge in [-0.2, -0.15) is 0 Å². The van der Waals surface area contributed by atoms with Crippen LogP contribution in [0.25, 0.3) is 0 Å². The number of aliphatic hydroxyl groups excluding tert-OH is 1. The van der Waals surface area contributed by atoms with Gasteiger partial charge in [-0.25, -0.2) is 8.42 Å². The van der Waals surface area contributed by atoms with Gasteiger partial charge in [0.25, 0.3) is 0 Å². The molecule has 0 saturated heterocycles. The van der Waals surface area contributed by atoms with E-state index in [1.165, 1.54) is 13.8 Å². The number of sulfone groups is 1. The van der Waals surface area contributed by atoms with E-state index in [1.54, 1.807) is 20.8 Å². The van der Waals surface area contributed by atoms with E-state index in [9.17, 15) is 13.5 Å². The third-order valence-corrected chi connectivity index (χ3v) is 5.41. The number of hydrogen-bond acceptors (Lipinski definition) is 3. The molecule has 0 bridgehead atoms. The van der Waals surface area contributed by atoms with Gasteiger partial charge in [0.05, 0.1) is 6.10 Å². The molecular weight excluding hydrogens is 224 g/mol. The van der Waals surface area contributed by atoms with E-state index in [4.69, 9.17) is 11.6 Å². The second-order valence-corrected chi connectivity index (χ2v) is 8.32. The Balaban J connectivity index is 5.18. The molecule has 0 aliphatic heterocycles. The monoisotopic (exact) mass is 242 g/mol. The first kappa shape index (κ1) is 14.2. The van der Waals surface area contributed by atoms with Gasteiger partial charge in [-0.3, -0.25) is 0 Å². The summed E-state index contributed by atoms with van der Waals surface area (Å²) in [4.78, 5) is 0. The van der Waals surface area contributed by atoms with E-state index in [1.807, 2.05) is 0 Å². The van der Waals surface area contributed by atoms with Crippen LogP contribution in [0.5, 0.6) is 0 Å². The molecule has 14 heavy (non-hydrogen) atoms. The van der Waals surface area contributed by atoms with Crippen LogP contribution in [0.2, 0.25) is 0 Å². The van der Waals surface area contributed by atoms with E-state index in [0.29, 0.717) is 0 Å². The first-order chi connectivity index (χ1) is 5.97. The van der Waals surface area contributed by atoms with Crippen molar-refractivity contribution in [2.75, 3.05) is 5.75 Å². The Bertz CT molecular complexity index is 288. The molecule has 0 aromatic carbocycles. The van der Waals surface area contributed by atoms with Gasteiger partial charge in [0.15, 0.2) is 14.0 Å². The van der Waals surface area contributed by atoms with Gasteiger partial charge in [-0.1, -0.05) is 39.3 Å². The Labute approximate surface area is 91.4 Å². The second-order valence-electron chi connectivity index (χ2n) is 4.66. The maximum absolute atomic E-state index is 11.6. The third-order valence-electron chi connectivity index (χ3n) is 2.30. The van der Waals surface area contributed by atoms with Crippen LogP contribution in [0.3, 0.4) is 0 Å². The van der Waals surface area contributed by atoms with Crippen LogP contribution >= 0.6 is 11.6 Å². The zero-order chi connectivity index (χ0) is 11.8. The minimum absolute atomic E-state index is 0.0693. The molecule has 0 saturated carbocycles. The van der Waals surface area contributed by atoms with Crippen molar-refractivity contribution < 1.29 is 13.5 Å². The zero-order valence-electron chi connectivity index (χ0n) is 9.33. The molecule has 5 heteroatoms. The normalized spacial score (nSPS) is 20.2. The molecule has 0 spiro atoms. The maximum Gasteiger partial charge on any atom is 0.171 e. The average molecular weight is 243 g/mol. The van der Waals surface area contributed by atoms with Gasteiger partial charge in [0.2, 0.25) is 0 Å². The Morgan fingerprint density at radius 3 is 1.86 bits per heavy atom. The van der Waals surface area contributed by atoms with Crippen LogP contribution in [0.15, 0.2) is 0 Å². The van der Waals surface area contributed by atoms with Crippen LogP contribution in [-0.2, 0) is 9.84 Å². The molecule has 0 radical (unpaired) electrons. The molecule has 0 amide bonds. The van der Waals surface area contributed by atoms with Crippen LogP contribution in [0, 0.1) is 5.41 Å². The second kappa shape index (κ2) is 3.99.